The predicted octanol–water partition coefficient (Wildman–Crippen LogP) is 3.76. The molecule has 0 amide bonds. The number of pyridine rings is 1. The van der Waals surface area contributed by atoms with Crippen LogP contribution >= 0.6 is 15.9 Å². The van der Waals surface area contributed by atoms with Gasteiger partial charge in [-0.3, -0.25) is 4.98 Å². The van der Waals surface area contributed by atoms with Gasteiger partial charge < -0.3 is 5.32 Å². The topological polar surface area (TPSA) is 24.9 Å². The lowest BCUT2D eigenvalue weighted by Gasteiger charge is -2.07. The third kappa shape index (κ3) is 3.07. The molecule has 0 saturated carbocycles. The summed E-state index contributed by atoms with van der Waals surface area (Å²) in [6, 6.07) is 10.3. The molecule has 0 spiro atoms. The summed E-state index contributed by atoms with van der Waals surface area (Å²) in [7, 11) is 0. The summed E-state index contributed by atoms with van der Waals surface area (Å²) >= 11 is 3.49. The van der Waals surface area contributed by atoms with Gasteiger partial charge in [-0.25, -0.2) is 0 Å². The highest BCUT2D eigenvalue weighted by atomic mass is 79.9. The minimum atomic E-state index is 0.795. The number of benzene rings is 1. The van der Waals surface area contributed by atoms with Crippen LogP contribution in [0.4, 0.5) is 5.69 Å². The van der Waals surface area contributed by atoms with E-state index >= 15 is 0 Å². The molecule has 0 bridgehead atoms. The maximum Gasteiger partial charge on any atom is 0.0416 e. The highest BCUT2D eigenvalue weighted by Crippen LogP contribution is 2.19. The largest absolute Gasteiger partial charge is 0.381 e. The molecule has 0 radical (unpaired) electrons. The van der Waals surface area contributed by atoms with Crippen molar-refractivity contribution < 1.29 is 0 Å². The van der Waals surface area contributed by atoms with Crippen LogP contribution in [0.1, 0.15) is 11.1 Å². The molecule has 2 aromatic rings. The van der Waals surface area contributed by atoms with Crippen molar-refractivity contribution in [3.8, 4) is 0 Å². The van der Waals surface area contributed by atoms with Crippen LogP contribution in [-0.4, -0.2) is 4.98 Å². The Balaban J connectivity index is 2.05. The van der Waals surface area contributed by atoms with E-state index in [2.05, 4.69) is 57.4 Å². The first kappa shape index (κ1) is 11.1. The van der Waals surface area contributed by atoms with Crippen LogP contribution < -0.4 is 5.32 Å². The zero-order valence-electron chi connectivity index (χ0n) is 9.07. The first-order valence-corrected chi connectivity index (χ1v) is 5.93. The predicted molar refractivity (Wildman–Crippen MR) is 70.4 cm³/mol. The van der Waals surface area contributed by atoms with E-state index in [1.54, 1.807) is 6.20 Å². The second-order valence-electron chi connectivity index (χ2n) is 3.73. The fourth-order valence-electron chi connectivity index (χ4n) is 1.55. The molecule has 0 aliphatic rings. The van der Waals surface area contributed by atoms with Gasteiger partial charge in [0.2, 0.25) is 0 Å². The minimum absolute atomic E-state index is 0.795. The average Bonchev–Trinajstić information content (AvgIpc) is 2.27. The molecule has 0 fully saturated rings. The molecular weight excluding hydrogens is 264 g/mol. The molecule has 1 aromatic carbocycles. The lowest BCUT2D eigenvalue weighted by Crippen LogP contribution is -1.99. The van der Waals surface area contributed by atoms with Gasteiger partial charge in [-0.2, -0.15) is 0 Å². The Morgan fingerprint density at radius 1 is 1.31 bits per heavy atom. The second-order valence-corrected chi connectivity index (χ2v) is 4.65. The van der Waals surface area contributed by atoms with Crippen molar-refractivity contribution >= 4 is 21.6 Å². The van der Waals surface area contributed by atoms with Crippen LogP contribution in [0.25, 0.3) is 0 Å². The molecule has 2 rings (SSSR count). The van der Waals surface area contributed by atoms with E-state index < -0.39 is 0 Å². The number of rotatable bonds is 3. The van der Waals surface area contributed by atoms with Crippen LogP contribution in [-0.2, 0) is 6.54 Å². The van der Waals surface area contributed by atoms with Crippen molar-refractivity contribution in [1.82, 2.24) is 4.98 Å². The van der Waals surface area contributed by atoms with E-state index in [0.29, 0.717) is 0 Å². The van der Waals surface area contributed by atoms with Crippen molar-refractivity contribution in [2.45, 2.75) is 13.5 Å². The molecule has 1 heterocycles. The Kier molecular flexibility index (Phi) is 3.57. The smallest absolute Gasteiger partial charge is 0.0416 e. The third-order valence-electron chi connectivity index (χ3n) is 2.26. The summed E-state index contributed by atoms with van der Waals surface area (Å²) in [5, 5.41) is 3.37. The van der Waals surface area contributed by atoms with Gasteiger partial charge in [0.1, 0.15) is 0 Å². The molecule has 2 nitrogen and oxygen atoms in total. The van der Waals surface area contributed by atoms with Crippen LogP contribution in [0, 0.1) is 6.92 Å². The maximum atomic E-state index is 4.08. The van der Waals surface area contributed by atoms with Crippen molar-refractivity contribution in [3.63, 3.8) is 0 Å². The van der Waals surface area contributed by atoms with E-state index in [9.17, 15) is 0 Å². The standard InChI is InChI=1S/C13H13BrN2/c1-10-5-12(14)7-13(6-10)16-9-11-3-2-4-15-8-11/h2-8,16H,9H2,1H3. The number of nitrogens with one attached hydrogen (secondary N) is 1. The van der Waals surface area contributed by atoms with Gasteiger partial charge >= 0.3 is 0 Å². The molecular formula is C13H13BrN2. The zero-order chi connectivity index (χ0) is 11.4. The molecule has 3 heteroatoms. The lowest BCUT2D eigenvalue weighted by atomic mass is 10.2. The Morgan fingerprint density at radius 2 is 2.19 bits per heavy atom. The second kappa shape index (κ2) is 5.12. The van der Waals surface area contributed by atoms with Crippen molar-refractivity contribution in [1.29, 1.82) is 0 Å². The van der Waals surface area contributed by atoms with E-state index in [4.69, 9.17) is 0 Å². The van der Waals surface area contributed by atoms with Gasteiger partial charge in [0.15, 0.2) is 0 Å². The number of aromatic nitrogens is 1. The molecule has 0 atom stereocenters. The van der Waals surface area contributed by atoms with Crippen LogP contribution in [0.15, 0.2) is 47.2 Å². The number of hydrogen-bond donors (Lipinski definition) is 1. The monoisotopic (exact) mass is 276 g/mol. The Hall–Kier alpha value is -1.35. The number of anilines is 1. The van der Waals surface area contributed by atoms with Crippen molar-refractivity contribution in [3.05, 3.63) is 58.3 Å². The molecule has 0 aliphatic carbocycles. The summed E-state index contributed by atoms with van der Waals surface area (Å²) in [5.74, 6) is 0. The van der Waals surface area contributed by atoms with E-state index in [1.165, 1.54) is 11.1 Å². The normalized spacial score (nSPS) is 10.1. The van der Waals surface area contributed by atoms with E-state index in [1.807, 2.05) is 12.3 Å². The molecule has 0 aliphatic heterocycles. The fraction of sp³-hybridized carbons (Fsp3) is 0.154. The molecule has 1 N–H and O–H groups in total. The fourth-order valence-corrected chi connectivity index (χ4v) is 2.15. The zero-order valence-corrected chi connectivity index (χ0v) is 10.7. The molecule has 1 aromatic heterocycles. The van der Waals surface area contributed by atoms with Gasteiger partial charge in [-0.05, 0) is 42.3 Å². The summed E-state index contributed by atoms with van der Waals surface area (Å²) in [6.07, 6.45) is 3.66. The molecule has 82 valence electrons. The van der Waals surface area contributed by atoms with Crippen LogP contribution in [0.5, 0.6) is 0 Å². The number of halogens is 1. The molecule has 16 heavy (non-hydrogen) atoms. The summed E-state index contributed by atoms with van der Waals surface area (Å²) in [5.41, 5.74) is 3.54. The quantitative estimate of drug-likeness (QED) is 0.923. The summed E-state index contributed by atoms with van der Waals surface area (Å²) < 4.78 is 1.10. The van der Waals surface area contributed by atoms with Crippen molar-refractivity contribution in [2.24, 2.45) is 0 Å². The third-order valence-corrected chi connectivity index (χ3v) is 2.72. The lowest BCUT2D eigenvalue weighted by molar-refractivity contribution is 1.11. The summed E-state index contributed by atoms with van der Waals surface area (Å²) in [4.78, 5) is 4.08. The maximum absolute atomic E-state index is 4.08. The summed E-state index contributed by atoms with van der Waals surface area (Å²) in [6.45, 7) is 2.88. The number of nitrogens with zero attached hydrogens (tertiary/aromatic N) is 1. The van der Waals surface area contributed by atoms with E-state index in [-0.39, 0.29) is 0 Å². The number of hydrogen-bond acceptors (Lipinski definition) is 2. The first-order valence-electron chi connectivity index (χ1n) is 5.14. The van der Waals surface area contributed by atoms with Crippen LogP contribution in [0.3, 0.4) is 0 Å². The Labute approximate surface area is 104 Å². The van der Waals surface area contributed by atoms with Gasteiger partial charge in [-0.1, -0.05) is 22.0 Å². The molecule has 0 unspecified atom stereocenters. The highest BCUT2D eigenvalue weighted by Gasteiger charge is 1.96. The average molecular weight is 277 g/mol. The van der Waals surface area contributed by atoms with E-state index in [0.717, 1.165) is 16.7 Å². The first-order chi connectivity index (χ1) is 7.74. The van der Waals surface area contributed by atoms with Gasteiger partial charge in [0.05, 0.1) is 0 Å². The SMILES string of the molecule is Cc1cc(Br)cc(NCc2cccnc2)c1. The van der Waals surface area contributed by atoms with Gasteiger partial charge in [0.25, 0.3) is 0 Å². The van der Waals surface area contributed by atoms with Crippen LogP contribution in [0.2, 0.25) is 0 Å². The Morgan fingerprint density at radius 3 is 2.88 bits per heavy atom. The van der Waals surface area contributed by atoms with Crippen molar-refractivity contribution in [2.75, 3.05) is 5.32 Å². The minimum Gasteiger partial charge on any atom is -0.381 e. The van der Waals surface area contributed by atoms with Gasteiger partial charge in [0, 0.05) is 29.1 Å². The highest BCUT2D eigenvalue weighted by molar-refractivity contribution is 9.10. The molecule has 0 saturated heterocycles. The Bertz CT molecular complexity index is 448. The number of aryl methyl sites for hydroxylation is 1. The van der Waals surface area contributed by atoms with Gasteiger partial charge in [-0.15, -0.1) is 0 Å².